The van der Waals surface area contributed by atoms with Gasteiger partial charge in [-0.05, 0) is 49.2 Å². The minimum absolute atomic E-state index is 0.172. The monoisotopic (exact) mass is 344 g/mol. The highest BCUT2D eigenvalue weighted by molar-refractivity contribution is 6.07. The summed E-state index contributed by atoms with van der Waals surface area (Å²) in [6, 6.07) is 9.32. The van der Waals surface area contributed by atoms with Crippen molar-refractivity contribution in [2.75, 3.05) is 13.1 Å². The van der Waals surface area contributed by atoms with Gasteiger partial charge in [0, 0.05) is 24.7 Å². The predicted molar refractivity (Wildman–Crippen MR) is 92.7 cm³/mol. The number of carbonyl (C=O) groups excluding carboxylic acids is 2. The molecular weight excluding hydrogens is 323 g/mol. The van der Waals surface area contributed by atoms with E-state index in [0.717, 1.165) is 0 Å². The van der Waals surface area contributed by atoms with Crippen LogP contribution in [0.4, 0.5) is 4.39 Å². The van der Waals surface area contributed by atoms with Gasteiger partial charge in [0.1, 0.15) is 11.4 Å². The number of nitrogens with one attached hydrogen (secondary N) is 1. The molecule has 0 bridgehead atoms. The number of hydrogen-bond donors (Lipinski definition) is 2. The zero-order valence-corrected chi connectivity index (χ0v) is 14.3. The average Bonchev–Trinajstić information content (AvgIpc) is 3.00. The van der Waals surface area contributed by atoms with Crippen molar-refractivity contribution in [1.82, 2.24) is 10.2 Å². The summed E-state index contributed by atoms with van der Waals surface area (Å²) in [5, 5.41) is 14.1. The Bertz CT molecular complexity index is 829. The molecular formula is C19H21FN2O3. The number of nitrogens with zero attached hydrogens (tertiary/aromatic N) is 1. The normalized spacial score (nSPS) is 17.8. The van der Waals surface area contributed by atoms with Crippen LogP contribution in [0, 0.1) is 5.82 Å². The molecule has 2 aromatic rings. The lowest BCUT2D eigenvalue weighted by molar-refractivity contribution is -0.146. The van der Waals surface area contributed by atoms with E-state index in [0.29, 0.717) is 35.8 Å². The molecule has 5 nitrogen and oxygen atoms in total. The number of fused-ring (bicyclic) bond motifs is 1. The Morgan fingerprint density at radius 3 is 2.76 bits per heavy atom. The number of aliphatic hydroxyl groups is 1. The third kappa shape index (κ3) is 3.64. The second-order valence-electron chi connectivity index (χ2n) is 6.94. The Balaban J connectivity index is 1.73. The number of amides is 2. The Morgan fingerprint density at radius 2 is 2.04 bits per heavy atom. The van der Waals surface area contributed by atoms with Crippen LogP contribution in [-0.2, 0) is 4.79 Å². The van der Waals surface area contributed by atoms with Gasteiger partial charge in [0.05, 0.1) is 0 Å². The molecule has 25 heavy (non-hydrogen) atoms. The number of benzene rings is 2. The lowest BCUT2D eigenvalue weighted by Crippen LogP contribution is -2.45. The maximum absolute atomic E-state index is 13.4. The second kappa shape index (κ2) is 6.44. The van der Waals surface area contributed by atoms with Crippen LogP contribution in [0.5, 0.6) is 0 Å². The van der Waals surface area contributed by atoms with Crippen molar-refractivity contribution >= 4 is 22.6 Å². The first-order chi connectivity index (χ1) is 11.8. The number of halogens is 1. The fourth-order valence-corrected chi connectivity index (χ4v) is 3.17. The summed E-state index contributed by atoms with van der Waals surface area (Å²) in [6.07, 6.45) is 0.632. The molecule has 0 aliphatic carbocycles. The van der Waals surface area contributed by atoms with Gasteiger partial charge in [0.15, 0.2) is 0 Å². The SMILES string of the molecule is CC(C)(O)C(=O)N1CCC(NC(=O)c2cccc3cc(F)ccc23)C1. The summed E-state index contributed by atoms with van der Waals surface area (Å²) < 4.78 is 13.4. The number of hydrogen-bond acceptors (Lipinski definition) is 3. The predicted octanol–water partition coefficient (Wildman–Crippen LogP) is 2.08. The molecule has 2 aromatic carbocycles. The van der Waals surface area contributed by atoms with Gasteiger partial charge in [-0.15, -0.1) is 0 Å². The van der Waals surface area contributed by atoms with Gasteiger partial charge in [-0.2, -0.15) is 0 Å². The van der Waals surface area contributed by atoms with Gasteiger partial charge in [0.2, 0.25) is 0 Å². The van der Waals surface area contributed by atoms with Crippen LogP contribution >= 0.6 is 0 Å². The third-order valence-electron chi connectivity index (χ3n) is 4.42. The van der Waals surface area contributed by atoms with E-state index in [9.17, 15) is 19.1 Å². The van der Waals surface area contributed by atoms with Crippen LogP contribution in [-0.4, -0.2) is 46.6 Å². The van der Waals surface area contributed by atoms with E-state index in [4.69, 9.17) is 0 Å². The highest BCUT2D eigenvalue weighted by Crippen LogP contribution is 2.21. The summed E-state index contributed by atoms with van der Waals surface area (Å²) in [6.45, 7) is 3.77. The molecule has 3 rings (SSSR count). The van der Waals surface area contributed by atoms with E-state index in [1.807, 2.05) is 0 Å². The first-order valence-electron chi connectivity index (χ1n) is 8.26. The van der Waals surface area contributed by atoms with E-state index in [1.165, 1.54) is 26.0 Å². The van der Waals surface area contributed by atoms with Crippen LogP contribution in [0.3, 0.4) is 0 Å². The Morgan fingerprint density at radius 1 is 1.28 bits per heavy atom. The van der Waals surface area contributed by atoms with E-state index in [-0.39, 0.29) is 23.7 Å². The summed E-state index contributed by atoms with van der Waals surface area (Å²) >= 11 is 0. The molecule has 6 heteroatoms. The number of rotatable bonds is 3. The van der Waals surface area contributed by atoms with Crippen LogP contribution in [0.1, 0.15) is 30.6 Å². The van der Waals surface area contributed by atoms with Gasteiger partial charge in [0.25, 0.3) is 11.8 Å². The molecule has 0 aromatic heterocycles. The molecule has 1 heterocycles. The van der Waals surface area contributed by atoms with Gasteiger partial charge >= 0.3 is 0 Å². The summed E-state index contributed by atoms with van der Waals surface area (Å²) in [5.74, 6) is -0.939. The molecule has 0 radical (unpaired) electrons. The van der Waals surface area contributed by atoms with Crippen molar-refractivity contribution in [3.8, 4) is 0 Å². The molecule has 1 aliphatic rings. The molecule has 1 unspecified atom stereocenters. The Kier molecular flexibility index (Phi) is 4.47. The first kappa shape index (κ1) is 17.4. The smallest absolute Gasteiger partial charge is 0.254 e. The molecule has 1 fully saturated rings. The maximum atomic E-state index is 13.4. The minimum atomic E-state index is -1.42. The van der Waals surface area contributed by atoms with Gasteiger partial charge < -0.3 is 15.3 Å². The van der Waals surface area contributed by atoms with Gasteiger partial charge in [-0.25, -0.2) is 4.39 Å². The fraction of sp³-hybridized carbons (Fsp3) is 0.368. The van der Waals surface area contributed by atoms with E-state index >= 15 is 0 Å². The minimum Gasteiger partial charge on any atom is -0.381 e. The van der Waals surface area contributed by atoms with Crippen molar-refractivity contribution in [2.24, 2.45) is 0 Å². The molecule has 0 spiro atoms. The Hall–Kier alpha value is -2.47. The summed E-state index contributed by atoms with van der Waals surface area (Å²) in [5.41, 5.74) is -0.941. The molecule has 132 valence electrons. The standard InChI is InChI=1S/C19H21FN2O3/c1-19(2,25)18(24)22-9-8-14(11-22)21-17(23)16-5-3-4-12-10-13(20)6-7-15(12)16/h3-7,10,14,25H,8-9,11H2,1-2H3,(H,21,23). The number of likely N-dealkylation sites (tertiary alicyclic amines) is 1. The molecule has 2 amide bonds. The lowest BCUT2D eigenvalue weighted by atomic mass is 10.0. The molecule has 1 aliphatic heterocycles. The summed E-state index contributed by atoms with van der Waals surface area (Å²) in [7, 11) is 0. The zero-order chi connectivity index (χ0) is 18.2. The van der Waals surface area contributed by atoms with Crippen LogP contribution in [0.25, 0.3) is 10.8 Å². The largest absolute Gasteiger partial charge is 0.381 e. The quantitative estimate of drug-likeness (QED) is 0.896. The van der Waals surface area contributed by atoms with Gasteiger partial charge in [-0.3, -0.25) is 9.59 Å². The van der Waals surface area contributed by atoms with Crippen molar-refractivity contribution in [3.63, 3.8) is 0 Å². The van der Waals surface area contributed by atoms with Gasteiger partial charge in [-0.1, -0.05) is 18.2 Å². The third-order valence-corrected chi connectivity index (χ3v) is 4.42. The highest BCUT2D eigenvalue weighted by Gasteiger charge is 2.34. The van der Waals surface area contributed by atoms with Crippen LogP contribution < -0.4 is 5.32 Å². The topological polar surface area (TPSA) is 69.6 Å². The molecule has 0 saturated carbocycles. The maximum Gasteiger partial charge on any atom is 0.254 e. The molecule has 1 saturated heterocycles. The molecule has 1 atom stereocenters. The van der Waals surface area contributed by atoms with Crippen LogP contribution in [0.15, 0.2) is 36.4 Å². The van der Waals surface area contributed by atoms with E-state index in [1.54, 1.807) is 29.2 Å². The Labute approximate surface area is 145 Å². The van der Waals surface area contributed by atoms with Crippen molar-refractivity contribution < 1.29 is 19.1 Å². The second-order valence-corrected chi connectivity index (χ2v) is 6.94. The van der Waals surface area contributed by atoms with Crippen molar-refractivity contribution in [2.45, 2.75) is 31.9 Å². The average molecular weight is 344 g/mol. The first-order valence-corrected chi connectivity index (χ1v) is 8.26. The van der Waals surface area contributed by atoms with Crippen LogP contribution in [0.2, 0.25) is 0 Å². The fourth-order valence-electron chi connectivity index (χ4n) is 3.17. The number of carbonyl (C=O) groups is 2. The molecule has 2 N–H and O–H groups in total. The zero-order valence-electron chi connectivity index (χ0n) is 14.3. The summed E-state index contributed by atoms with van der Waals surface area (Å²) in [4.78, 5) is 26.3. The van der Waals surface area contributed by atoms with E-state index in [2.05, 4.69) is 5.32 Å². The lowest BCUT2D eigenvalue weighted by Gasteiger charge is -2.24. The van der Waals surface area contributed by atoms with E-state index < -0.39 is 5.60 Å². The van der Waals surface area contributed by atoms with Crippen molar-refractivity contribution in [1.29, 1.82) is 0 Å². The van der Waals surface area contributed by atoms with Crippen molar-refractivity contribution in [3.05, 3.63) is 47.8 Å². The highest BCUT2D eigenvalue weighted by atomic mass is 19.1.